The average Bonchev–Trinajstić information content (AvgIpc) is 2.20. The molecule has 0 aliphatic carbocycles. The van der Waals surface area contributed by atoms with Gasteiger partial charge in [-0.3, -0.25) is 4.79 Å². The molecule has 0 bridgehead atoms. The van der Waals surface area contributed by atoms with Crippen molar-refractivity contribution in [3.63, 3.8) is 0 Å². The number of methoxy groups -OCH3 is 1. The summed E-state index contributed by atoms with van der Waals surface area (Å²) in [6.07, 6.45) is 0. The fraction of sp³-hybridized carbons (Fsp3) is 0.300. The molecule has 3 nitrogen and oxygen atoms in total. The molecule has 0 aliphatic heterocycles. The van der Waals surface area contributed by atoms with Gasteiger partial charge in [-0.2, -0.15) is 0 Å². The number of rotatable bonds is 5. The lowest BCUT2D eigenvalue weighted by molar-refractivity contribution is -0.124. The van der Waals surface area contributed by atoms with E-state index in [2.05, 4.69) is 4.74 Å². The van der Waals surface area contributed by atoms with Crippen LogP contribution in [0.2, 0.25) is 5.02 Å². The summed E-state index contributed by atoms with van der Waals surface area (Å²) in [6.45, 7) is -0.120. The molecule has 1 aromatic carbocycles. The highest BCUT2D eigenvalue weighted by atomic mass is 35.5. The van der Waals surface area contributed by atoms with Crippen LogP contribution in [0.15, 0.2) is 18.2 Å². The lowest BCUT2D eigenvalue weighted by atomic mass is 10.3. The van der Waals surface area contributed by atoms with Crippen LogP contribution in [0, 0.1) is 5.82 Å². The Kier molecular flexibility index (Phi) is 4.52. The van der Waals surface area contributed by atoms with E-state index in [4.69, 9.17) is 16.3 Å². The Hall–Kier alpha value is -1.13. The van der Waals surface area contributed by atoms with Crippen LogP contribution in [0.3, 0.4) is 0 Å². The number of Topliss-reactive ketones (excluding diaryl/α,β-unsaturated/α-hetero) is 1. The van der Waals surface area contributed by atoms with Gasteiger partial charge in [-0.05, 0) is 12.1 Å². The zero-order chi connectivity index (χ0) is 11.3. The van der Waals surface area contributed by atoms with Crippen molar-refractivity contribution >= 4 is 17.4 Å². The maximum Gasteiger partial charge on any atom is 0.195 e. The Morgan fingerprint density at radius 3 is 2.80 bits per heavy atom. The maximum absolute atomic E-state index is 12.7. The minimum Gasteiger partial charge on any atom is -0.486 e. The third-order valence-corrected chi connectivity index (χ3v) is 1.89. The van der Waals surface area contributed by atoms with Gasteiger partial charge in [0.05, 0.1) is 5.02 Å². The molecular formula is C10H10ClFO3. The molecule has 0 heterocycles. The molecule has 1 aromatic rings. The van der Waals surface area contributed by atoms with Gasteiger partial charge in [-0.25, -0.2) is 4.39 Å². The Morgan fingerprint density at radius 1 is 1.47 bits per heavy atom. The number of halogens is 2. The van der Waals surface area contributed by atoms with Crippen molar-refractivity contribution in [3.8, 4) is 5.75 Å². The van der Waals surface area contributed by atoms with Crippen molar-refractivity contribution in [2.45, 2.75) is 0 Å². The topological polar surface area (TPSA) is 35.5 Å². The zero-order valence-corrected chi connectivity index (χ0v) is 8.88. The summed E-state index contributed by atoms with van der Waals surface area (Å²) in [6, 6.07) is 3.90. The molecule has 0 spiro atoms. The van der Waals surface area contributed by atoms with Crippen molar-refractivity contribution in [3.05, 3.63) is 29.0 Å². The van der Waals surface area contributed by atoms with Gasteiger partial charge in [0.2, 0.25) is 0 Å². The maximum atomic E-state index is 12.7. The molecule has 1 rings (SSSR count). The number of ether oxygens (including phenoxy) is 2. The standard InChI is InChI=1S/C10H10ClFO3/c1-14-5-7(13)6-15-8-2-3-10(12)9(11)4-8/h2-4H,5-6H2,1H3. The van der Waals surface area contributed by atoms with E-state index < -0.39 is 5.82 Å². The van der Waals surface area contributed by atoms with Gasteiger partial charge in [0.15, 0.2) is 5.78 Å². The third-order valence-electron chi connectivity index (χ3n) is 1.60. The van der Waals surface area contributed by atoms with Gasteiger partial charge < -0.3 is 9.47 Å². The van der Waals surface area contributed by atoms with Crippen molar-refractivity contribution < 1.29 is 18.7 Å². The summed E-state index contributed by atoms with van der Waals surface area (Å²) in [5.74, 6) is -0.365. The predicted molar refractivity (Wildman–Crippen MR) is 53.8 cm³/mol. The molecule has 15 heavy (non-hydrogen) atoms. The lowest BCUT2D eigenvalue weighted by Gasteiger charge is -2.05. The fourth-order valence-electron chi connectivity index (χ4n) is 0.933. The number of carbonyl (C=O) groups is 1. The highest BCUT2D eigenvalue weighted by Gasteiger charge is 2.04. The van der Waals surface area contributed by atoms with Crippen LogP contribution in [0.4, 0.5) is 4.39 Å². The highest BCUT2D eigenvalue weighted by Crippen LogP contribution is 2.20. The molecular weight excluding hydrogens is 223 g/mol. The first-order valence-corrected chi connectivity index (χ1v) is 4.59. The molecule has 0 unspecified atom stereocenters. The first kappa shape index (κ1) is 11.9. The summed E-state index contributed by atoms with van der Waals surface area (Å²) >= 11 is 5.53. The van der Waals surface area contributed by atoms with Crippen LogP contribution in [0.5, 0.6) is 5.75 Å². The van der Waals surface area contributed by atoms with Crippen molar-refractivity contribution in [1.82, 2.24) is 0 Å². The first-order valence-electron chi connectivity index (χ1n) is 4.22. The Bertz CT molecular complexity index is 355. The van der Waals surface area contributed by atoms with E-state index in [0.29, 0.717) is 5.75 Å². The Labute approximate surface area is 91.7 Å². The van der Waals surface area contributed by atoms with Crippen molar-refractivity contribution in [2.75, 3.05) is 20.3 Å². The molecule has 5 heteroatoms. The summed E-state index contributed by atoms with van der Waals surface area (Å²) in [5, 5.41) is -0.0355. The van der Waals surface area contributed by atoms with Crippen LogP contribution in [-0.4, -0.2) is 26.1 Å². The van der Waals surface area contributed by atoms with Crippen molar-refractivity contribution in [2.24, 2.45) is 0 Å². The minimum absolute atomic E-state index is 0.00503. The molecule has 0 fully saturated rings. The van der Waals surface area contributed by atoms with E-state index in [1.807, 2.05) is 0 Å². The molecule has 0 atom stereocenters. The Balaban J connectivity index is 2.51. The summed E-state index contributed by atoms with van der Waals surface area (Å²) in [7, 11) is 1.42. The second kappa shape index (κ2) is 5.68. The quantitative estimate of drug-likeness (QED) is 0.780. The second-order valence-corrected chi connectivity index (χ2v) is 3.24. The molecule has 82 valence electrons. The summed E-state index contributed by atoms with van der Waals surface area (Å²) in [4.78, 5) is 11.0. The zero-order valence-electron chi connectivity index (χ0n) is 8.13. The number of hydrogen-bond acceptors (Lipinski definition) is 3. The third kappa shape index (κ3) is 3.85. The van der Waals surface area contributed by atoms with Gasteiger partial charge in [0, 0.05) is 13.2 Å². The van der Waals surface area contributed by atoms with Gasteiger partial charge >= 0.3 is 0 Å². The van der Waals surface area contributed by atoms with E-state index >= 15 is 0 Å². The monoisotopic (exact) mass is 232 g/mol. The van der Waals surface area contributed by atoms with Gasteiger partial charge in [-0.1, -0.05) is 11.6 Å². The summed E-state index contributed by atoms with van der Waals surface area (Å²) in [5.41, 5.74) is 0. The largest absolute Gasteiger partial charge is 0.486 e. The molecule has 0 amide bonds. The smallest absolute Gasteiger partial charge is 0.195 e. The number of ketones is 1. The highest BCUT2D eigenvalue weighted by molar-refractivity contribution is 6.30. The Morgan fingerprint density at radius 2 is 2.20 bits per heavy atom. The van der Waals surface area contributed by atoms with Crippen LogP contribution in [0.1, 0.15) is 0 Å². The minimum atomic E-state index is -0.521. The molecule has 0 radical (unpaired) electrons. The van der Waals surface area contributed by atoms with Gasteiger partial charge in [0.1, 0.15) is 24.8 Å². The number of benzene rings is 1. The van der Waals surface area contributed by atoms with Gasteiger partial charge in [-0.15, -0.1) is 0 Å². The lowest BCUT2D eigenvalue weighted by Crippen LogP contribution is -2.16. The van der Waals surface area contributed by atoms with E-state index in [0.717, 1.165) is 0 Å². The number of hydrogen-bond donors (Lipinski definition) is 0. The van der Waals surface area contributed by atoms with Crippen LogP contribution >= 0.6 is 11.6 Å². The normalized spacial score (nSPS) is 10.1. The van der Waals surface area contributed by atoms with Crippen LogP contribution in [0.25, 0.3) is 0 Å². The van der Waals surface area contributed by atoms with Gasteiger partial charge in [0.25, 0.3) is 0 Å². The van der Waals surface area contributed by atoms with Crippen molar-refractivity contribution in [1.29, 1.82) is 0 Å². The van der Waals surface area contributed by atoms with E-state index in [1.54, 1.807) is 0 Å². The predicted octanol–water partition coefficient (Wildman–Crippen LogP) is 2.07. The first-order chi connectivity index (χ1) is 7.13. The number of carbonyl (C=O) groups excluding carboxylic acids is 1. The molecule has 0 saturated carbocycles. The van der Waals surface area contributed by atoms with E-state index in [9.17, 15) is 9.18 Å². The SMILES string of the molecule is COCC(=O)COc1ccc(F)c(Cl)c1. The molecule has 0 saturated heterocycles. The van der Waals surface area contributed by atoms with E-state index in [1.165, 1.54) is 25.3 Å². The van der Waals surface area contributed by atoms with E-state index in [-0.39, 0.29) is 24.0 Å². The van der Waals surface area contributed by atoms with Crippen LogP contribution < -0.4 is 4.74 Å². The second-order valence-electron chi connectivity index (χ2n) is 2.84. The fourth-order valence-corrected chi connectivity index (χ4v) is 1.10. The summed E-state index contributed by atoms with van der Waals surface area (Å²) < 4.78 is 22.4. The molecule has 0 aliphatic rings. The average molecular weight is 233 g/mol. The van der Waals surface area contributed by atoms with Crippen LogP contribution in [-0.2, 0) is 9.53 Å². The molecule has 0 aromatic heterocycles. The molecule has 0 N–H and O–H groups in total.